The zero-order chi connectivity index (χ0) is 13.0. The highest BCUT2D eigenvalue weighted by Crippen LogP contribution is 2.23. The van der Waals surface area contributed by atoms with Crippen molar-refractivity contribution in [1.82, 2.24) is 5.32 Å². The summed E-state index contributed by atoms with van der Waals surface area (Å²) in [6.07, 6.45) is 2.56. The molecule has 2 rings (SSSR count). The van der Waals surface area contributed by atoms with E-state index in [0.29, 0.717) is 5.56 Å². The van der Waals surface area contributed by atoms with Crippen LogP contribution in [-0.2, 0) is 0 Å². The van der Waals surface area contributed by atoms with Crippen LogP contribution in [0.5, 0.6) is 0 Å². The highest BCUT2D eigenvalue weighted by Gasteiger charge is 2.17. The summed E-state index contributed by atoms with van der Waals surface area (Å²) in [6, 6.07) is 10.7. The van der Waals surface area contributed by atoms with Gasteiger partial charge in [0.15, 0.2) is 0 Å². The fourth-order valence-corrected chi connectivity index (χ4v) is 2.11. The maximum Gasteiger partial charge on any atom is 0.127 e. The second-order valence-corrected chi connectivity index (χ2v) is 4.39. The molecule has 2 nitrogen and oxygen atoms in total. The Morgan fingerprint density at radius 1 is 1.22 bits per heavy atom. The van der Waals surface area contributed by atoms with Gasteiger partial charge in [0.05, 0.1) is 12.3 Å². The number of rotatable bonds is 5. The predicted octanol–water partition coefficient (Wildman–Crippen LogP) is 4.22. The van der Waals surface area contributed by atoms with Crippen LogP contribution in [0.15, 0.2) is 47.1 Å². The molecule has 0 bridgehead atoms. The number of hydrogen-bond donors (Lipinski definition) is 1. The second kappa shape index (κ2) is 5.83. The molecule has 0 saturated carbocycles. The van der Waals surface area contributed by atoms with E-state index >= 15 is 0 Å². The summed E-state index contributed by atoms with van der Waals surface area (Å²) in [5, 5.41) is 3.39. The number of nitrogens with one attached hydrogen (secondary N) is 1. The van der Waals surface area contributed by atoms with Gasteiger partial charge in [0.2, 0.25) is 0 Å². The van der Waals surface area contributed by atoms with Crippen LogP contribution in [0.25, 0.3) is 0 Å². The summed E-state index contributed by atoms with van der Waals surface area (Å²) in [6.45, 7) is 4.04. The molecule has 0 aliphatic heterocycles. The topological polar surface area (TPSA) is 25.2 Å². The van der Waals surface area contributed by atoms with E-state index in [2.05, 4.69) is 12.2 Å². The number of benzene rings is 1. The fraction of sp³-hybridized carbons (Fsp3) is 0.333. The molecule has 2 unspecified atom stereocenters. The number of halogens is 1. The Morgan fingerprint density at radius 3 is 2.61 bits per heavy atom. The Bertz CT molecular complexity index is 481. The van der Waals surface area contributed by atoms with Crippen molar-refractivity contribution < 1.29 is 8.81 Å². The predicted molar refractivity (Wildman–Crippen MR) is 69.7 cm³/mol. The monoisotopic (exact) mass is 247 g/mol. The van der Waals surface area contributed by atoms with Gasteiger partial charge in [0.1, 0.15) is 11.6 Å². The minimum Gasteiger partial charge on any atom is -0.468 e. The Labute approximate surface area is 107 Å². The van der Waals surface area contributed by atoms with Crippen LogP contribution in [0, 0.1) is 5.82 Å². The molecule has 2 aromatic rings. The molecule has 0 amide bonds. The van der Waals surface area contributed by atoms with E-state index in [1.165, 1.54) is 6.07 Å². The van der Waals surface area contributed by atoms with E-state index < -0.39 is 0 Å². The summed E-state index contributed by atoms with van der Waals surface area (Å²) >= 11 is 0. The van der Waals surface area contributed by atoms with Gasteiger partial charge < -0.3 is 9.73 Å². The quantitative estimate of drug-likeness (QED) is 0.855. The number of hydrogen-bond acceptors (Lipinski definition) is 2. The minimum absolute atomic E-state index is 0.0544. The smallest absolute Gasteiger partial charge is 0.127 e. The summed E-state index contributed by atoms with van der Waals surface area (Å²) in [4.78, 5) is 0. The zero-order valence-corrected chi connectivity index (χ0v) is 10.7. The minimum atomic E-state index is -0.174. The first-order valence-electron chi connectivity index (χ1n) is 6.26. The van der Waals surface area contributed by atoms with Gasteiger partial charge in [0, 0.05) is 11.6 Å². The number of furan rings is 1. The van der Waals surface area contributed by atoms with Gasteiger partial charge in [-0.05, 0) is 31.5 Å². The molecule has 0 radical (unpaired) electrons. The molecule has 18 heavy (non-hydrogen) atoms. The lowest BCUT2D eigenvalue weighted by molar-refractivity contribution is 0.372. The lowest BCUT2D eigenvalue weighted by Gasteiger charge is -2.21. The van der Waals surface area contributed by atoms with Gasteiger partial charge in [0.25, 0.3) is 0 Å². The highest BCUT2D eigenvalue weighted by molar-refractivity contribution is 5.21. The SMILES string of the molecule is CCC(NC(C)c1ccccc1F)c1ccco1. The molecule has 0 aliphatic rings. The Morgan fingerprint density at radius 2 is 2.00 bits per heavy atom. The summed E-state index contributed by atoms with van der Waals surface area (Å²) in [5.74, 6) is 0.715. The third kappa shape index (κ3) is 2.79. The average Bonchev–Trinajstić information content (AvgIpc) is 2.90. The van der Waals surface area contributed by atoms with Crippen LogP contribution < -0.4 is 5.32 Å². The van der Waals surface area contributed by atoms with Crippen molar-refractivity contribution in [3.63, 3.8) is 0 Å². The summed E-state index contributed by atoms with van der Waals surface area (Å²) in [5.41, 5.74) is 0.683. The molecule has 0 fully saturated rings. The van der Waals surface area contributed by atoms with Crippen molar-refractivity contribution in [3.8, 4) is 0 Å². The third-order valence-corrected chi connectivity index (χ3v) is 3.12. The molecule has 1 aromatic carbocycles. The normalized spacial score (nSPS) is 14.4. The first-order chi connectivity index (χ1) is 8.72. The molecule has 2 atom stereocenters. The molecule has 1 aromatic heterocycles. The van der Waals surface area contributed by atoms with Gasteiger partial charge in [-0.2, -0.15) is 0 Å². The standard InChI is InChI=1S/C15H18FNO/c1-3-14(15-9-6-10-18-15)17-11(2)12-7-4-5-8-13(12)16/h4-11,14,17H,3H2,1-2H3. The van der Waals surface area contributed by atoms with Crippen LogP contribution in [0.1, 0.15) is 43.7 Å². The third-order valence-electron chi connectivity index (χ3n) is 3.12. The molecular formula is C15H18FNO. The Hall–Kier alpha value is -1.61. The molecule has 0 aliphatic carbocycles. The first-order valence-corrected chi connectivity index (χ1v) is 6.26. The molecule has 3 heteroatoms. The van der Waals surface area contributed by atoms with Crippen LogP contribution in [-0.4, -0.2) is 0 Å². The average molecular weight is 247 g/mol. The fourth-order valence-electron chi connectivity index (χ4n) is 2.11. The largest absolute Gasteiger partial charge is 0.468 e. The molecule has 1 N–H and O–H groups in total. The van der Waals surface area contributed by atoms with E-state index in [0.717, 1.165) is 12.2 Å². The zero-order valence-electron chi connectivity index (χ0n) is 10.7. The van der Waals surface area contributed by atoms with Gasteiger partial charge in [-0.3, -0.25) is 0 Å². The first kappa shape index (κ1) is 12.8. The van der Waals surface area contributed by atoms with Crippen molar-refractivity contribution in [2.75, 3.05) is 0 Å². The van der Waals surface area contributed by atoms with Crippen molar-refractivity contribution in [1.29, 1.82) is 0 Å². The second-order valence-electron chi connectivity index (χ2n) is 4.39. The van der Waals surface area contributed by atoms with Crippen molar-refractivity contribution in [2.45, 2.75) is 32.4 Å². The van der Waals surface area contributed by atoms with E-state index in [1.54, 1.807) is 12.3 Å². The maximum absolute atomic E-state index is 13.7. The van der Waals surface area contributed by atoms with Gasteiger partial charge in [-0.25, -0.2) is 4.39 Å². The van der Waals surface area contributed by atoms with Gasteiger partial charge in [-0.15, -0.1) is 0 Å². The van der Waals surface area contributed by atoms with Gasteiger partial charge in [-0.1, -0.05) is 25.1 Å². The van der Waals surface area contributed by atoms with E-state index in [9.17, 15) is 4.39 Å². The van der Waals surface area contributed by atoms with Crippen molar-refractivity contribution in [3.05, 3.63) is 59.8 Å². The van der Waals surface area contributed by atoms with Crippen LogP contribution in [0.2, 0.25) is 0 Å². The Kier molecular flexibility index (Phi) is 4.15. The summed E-state index contributed by atoms with van der Waals surface area (Å²) in [7, 11) is 0. The molecular weight excluding hydrogens is 229 g/mol. The van der Waals surface area contributed by atoms with Crippen LogP contribution in [0.3, 0.4) is 0 Å². The summed E-state index contributed by atoms with van der Waals surface area (Å²) < 4.78 is 19.1. The Balaban J connectivity index is 2.11. The van der Waals surface area contributed by atoms with Crippen LogP contribution >= 0.6 is 0 Å². The van der Waals surface area contributed by atoms with Crippen LogP contribution in [0.4, 0.5) is 4.39 Å². The highest BCUT2D eigenvalue weighted by atomic mass is 19.1. The molecule has 0 saturated heterocycles. The van der Waals surface area contributed by atoms with E-state index in [-0.39, 0.29) is 17.9 Å². The van der Waals surface area contributed by atoms with Gasteiger partial charge >= 0.3 is 0 Å². The lowest BCUT2D eigenvalue weighted by Crippen LogP contribution is -2.24. The molecule has 1 heterocycles. The van der Waals surface area contributed by atoms with Crippen molar-refractivity contribution >= 4 is 0 Å². The lowest BCUT2D eigenvalue weighted by atomic mass is 10.1. The maximum atomic E-state index is 13.7. The van der Waals surface area contributed by atoms with E-state index in [1.807, 2.05) is 31.2 Å². The van der Waals surface area contributed by atoms with Crippen molar-refractivity contribution in [2.24, 2.45) is 0 Å². The van der Waals surface area contributed by atoms with E-state index in [4.69, 9.17) is 4.42 Å². The molecule has 0 spiro atoms. The molecule has 96 valence electrons.